The van der Waals surface area contributed by atoms with E-state index in [1.807, 2.05) is 6.08 Å². The van der Waals surface area contributed by atoms with E-state index >= 15 is 0 Å². The zero-order chi connectivity index (χ0) is 33.6. The lowest BCUT2D eigenvalue weighted by atomic mass is 10.0. The van der Waals surface area contributed by atoms with Gasteiger partial charge in [0.05, 0.1) is 18.8 Å². The molecule has 0 aliphatic rings. The lowest BCUT2D eigenvalue weighted by molar-refractivity contribution is -0.123. The van der Waals surface area contributed by atoms with Crippen LogP contribution in [0.1, 0.15) is 206 Å². The molecule has 3 N–H and O–H groups in total. The molecule has 270 valence electrons. The second-order valence-electron chi connectivity index (χ2n) is 13.7. The Morgan fingerprint density at radius 1 is 0.500 bits per heavy atom. The van der Waals surface area contributed by atoms with Crippen LogP contribution < -0.4 is 5.32 Å². The van der Waals surface area contributed by atoms with Crippen LogP contribution in [-0.4, -0.2) is 34.9 Å². The van der Waals surface area contributed by atoms with Crippen LogP contribution in [0.15, 0.2) is 36.5 Å². The van der Waals surface area contributed by atoms with Crippen LogP contribution in [0.5, 0.6) is 0 Å². The van der Waals surface area contributed by atoms with Crippen molar-refractivity contribution >= 4 is 5.91 Å². The summed E-state index contributed by atoms with van der Waals surface area (Å²) in [5, 5.41) is 22.9. The van der Waals surface area contributed by atoms with E-state index in [2.05, 4.69) is 43.5 Å². The van der Waals surface area contributed by atoms with Crippen molar-refractivity contribution in [1.29, 1.82) is 0 Å². The summed E-state index contributed by atoms with van der Waals surface area (Å²) in [4.78, 5) is 12.3. The van der Waals surface area contributed by atoms with Gasteiger partial charge < -0.3 is 15.5 Å². The predicted octanol–water partition coefficient (Wildman–Crippen LogP) is 12.2. The molecule has 0 saturated carbocycles. The van der Waals surface area contributed by atoms with Gasteiger partial charge in [-0.2, -0.15) is 0 Å². The van der Waals surface area contributed by atoms with Crippen LogP contribution in [-0.2, 0) is 4.79 Å². The van der Waals surface area contributed by atoms with Crippen LogP contribution in [0, 0.1) is 0 Å². The number of carbonyl (C=O) groups is 1. The number of aliphatic hydroxyl groups excluding tert-OH is 2. The normalized spacial score (nSPS) is 13.4. The zero-order valence-corrected chi connectivity index (χ0v) is 30.8. The number of carbonyl (C=O) groups excluding carboxylic acids is 1. The topological polar surface area (TPSA) is 69.6 Å². The number of unbranched alkanes of at least 4 members (excludes halogenated alkanes) is 25. The summed E-state index contributed by atoms with van der Waals surface area (Å²) in [6, 6.07) is -0.636. The molecule has 0 aromatic carbocycles. The summed E-state index contributed by atoms with van der Waals surface area (Å²) in [7, 11) is 0. The molecule has 1 amide bonds. The highest BCUT2D eigenvalue weighted by Crippen LogP contribution is 2.14. The minimum atomic E-state index is -0.859. The van der Waals surface area contributed by atoms with Crippen molar-refractivity contribution in [3.63, 3.8) is 0 Å². The van der Waals surface area contributed by atoms with E-state index in [1.54, 1.807) is 6.08 Å². The summed E-state index contributed by atoms with van der Waals surface area (Å²) in [5.41, 5.74) is 0. The van der Waals surface area contributed by atoms with Gasteiger partial charge in [-0.15, -0.1) is 0 Å². The van der Waals surface area contributed by atoms with Crippen LogP contribution in [0.25, 0.3) is 0 Å². The molecule has 0 radical (unpaired) electrons. The molecule has 4 nitrogen and oxygen atoms in total. The standard InChI is InChI=1S/C42H79NO3/c1-3-5-7-9-11-13-15-17-18-19-20-21-22-23-24-26-28-30-32-34-36-38-42(46)43-40(39-44)41(45)37-35-33-31-29-27-25-16-14-12-10-8-6-4-2/h17-18,27,29,35,37,40-41,44-45H,3-16,19-26,28,30-34,36,38-39H2,1-2H3,(H,43,46)/b18-17-,29-27-,37-35+. The van der Waals surface area contributed by atoms with Gasteiger partial charge >= 0.3 is 0 Å². The molecule has 0 fully saturated rings. The second-order valence-corrected chi connectivity index (χ2v) is 13.7. The number of hydrogen-bond acceptors (Lipinski definition) is 3. The fourth-order valence-corrected chi connectivity index (χ4v) is 5.95. The largest absolute Gasteiger partial charge is 0.394 e. The van der Waals surface area contributed by atoms with Gasteiger partial charge in [0, 0.05) is 6.42 Å². The first-order valence-electron chi connectivity index (χ1n) is 20.2. The molecule has 0 aliphatic carbocycles. The van der Waals surface area contributed by atoms with E-state index in [4.69, 9.17) is 0 Å². The highest BCUT2D eigenvalue weighted by Gasteiger charge is 2.17. The average molecular weight is 646 g/mol. The van der Waals surface area contributed by atoms with Crippen molar-refractivity contribution in [2.24, 2.45) is 0 Å². The fourth-order valence-electron chi connectivity index (χ4n) is 5.95. The highest BCUT2D eigenvalue weighted by molar-refractivity contribution is 5.76. The molecule has 0 bridgehead atoms. The van der Waals surface area contributed by atoms with Gasteiger partial charge in [-0.1, -0.05) is 179 Å². The zero-order valence-electron chi connectivity index (χ0n) is 30.8. The second kappa shape index (κ2) is 38.1. The maximum Gasteiger partial charge on any atom is 0.220 e. The molecule has 0 heterocycles. The maximum absolute atomic E-state index is 12.3. The number of aliphatic hydroxyl groups is 2. The third-order valence-electron chi connectivity index (χ3n) is 9.10. The van der Waals surface area contributed by atoms with E-state index < -0.39 is 12.1 Å². The van der Waals surface area contributed by atoms with E-state index in [0.29, 0.717) is 6.42 Å². The Morgan fingerprint density at radius 2 is 0.848 bits per heavy atom. The molecule has 0 saturated heterocycles. The number of rotatable bonds is 36. The van der Waals surface area contributed by atoms with Crippen molar-refractivity contribution < 1.29 is 15.0 Å². The van der Waals surface area contributed by atoms with Crippen LogP contribution >= 0.6 is 0 Å². The van der Waals surface area contributed by atoms with Crippen LogP contribution in [0.2, 0.25) is 0 Å². The quantitative estimate of drug-likeness (QED) is 0.0469. The van der Waals surface area contributed by atoms with Gasteiger partial charge in [-0.25, -0.2) is 0 Å². The average Bonchev–Trinajstić information content (AvgIpc) is 3.06. The first kappa shape index (κ1) is 44.6. The lowest BCUT2D eigenvalue weighted by Crippen LogP contribution is -2.45. The fraction of sp³-hybridized carbons (Fsp3) is 0.833. The Kier molecular flexibility index (Phi) is 36.9. The van der Waals surface area contributed by atoms with Crippen molar-refractivity contribution in [3.05, 3.63) is 36.5 Å². The van der Waals surface area contributed by atoms with Crippen molar-refractivity contribution in [1.82, 2.24) is 5.32 Å². The molecule has 4 heteroatoms. The number of nitrogens with one attached hydrogen (secondary N) is 1. The van der Waals surface area contributed by atoms with Gasteiger partial charge in [-0.05, 0) is 57.8 Å². The Balaban J connectivity index is 3.59. The molecular weight excluding hydrogens is 566 g/mol. The van der Waals surface area contributed by atoms with Gasteiger partial charge in [-0.3, -0.25) is 4.79 Å². The molecule has 46 heavy (non-hydrogen) atoms. The number of allylic oxidation sites excluding steroid dienone is 5. The van der Waals surface area contributed by atoms with E-state index in [1.165, 1.54) is 154 Å². The first-order chi connectivity index (χ1) is 22.7. The molecule has 0 spiro atoms. The van der Waals surface area contributed by atoms with Gasteiger partial charge in [0.1, 0.15) is 0 Å². The summed E-state index contributed by atoms with van der Waals surface area (Å²) in [6.45, 7) is 4.28. The van der Waals surface area contributed by atoms with E-state index in [-0.39, 0.29) is 12.5 Å². The van der Waals surface area contributed by atoms with Crippen molar-refractivity contribution in [2.45, 2.75) is 219 Å². The van der Waals surface area contributed by atoms with Gasteiger partial charge in [0.25, 0.3) is 0 Å². The summed E-state index contributed by atoms with van der Waals surface area (Å²) in [6.07, 6.45) is 49.5. The summed E-state index contributed by atoms with van der Waals surface area (Å²) >= 11 is 0. The molecule has 0 aromatic rings. The molecule has 2 unspecified atom stereocenters. The molecule has 2 atom stereocenters. The Hall–Kier alpha value is -1.39. The van der Waals surface area contributed by atoms with Crippen molar-refractivity contribution in [3.8, 4) is 0 Å². The van der Waals surface area contributed by atoms with Crippen LogP contribution in [0.3, 0.4) is 0 Å². The minimum absolute atomic E-state index is 0.0758. The number of amides is 1. The molecule has 0 aliphatic heterocycles. The Labute approximate surface area is 287 Å². The highest BCUT2D eigenvalue weighted by atomic mass is 16.3. The summed E-state index contributed by atoms with van der Waals surface area (Å²) < 4.78 is 0. The maximum atomic E-state index is 12.3. The third-order valence-corrected chi connectivity index (χ3v) is 9.10. The first-order valence-corrected chi connectivity index (χ1v) is 20.2. The van der Waals surface area contributed by atoms with Crippen LogP contribution in [0.4, 0.5) is 0 Å². The molecular formula is C42H79NO3. The predicted molar refractivity (Wildman–Crippen MR) is 202 cm³/mol. The smallest absolute Gasteiger partial charge is 0.220 e. The minimum Gasteiger partial charge on any atom is -0.394 e. The lowest BCUT2D eigenvalue weighted by Gasteiger charge is -2.19. The van der Waals surface area contributed by atoms with E-state index in [0.717, 1.165) is 32.1 Å². The van der Waals surface area contributed by atoms with Crippen molar-refractivity contribution in [2.75, 3.05) is 6.61 Å². The van der Waals surface area contributed by atoms with E-state index in [9.17, 15) is 15.0 Å². The monoisotopic (exact) mass is 646 g/mol. The van der Waals surface area contributed by atoms with Gasteiger partial charge in [0.2, 0.25) is 5.91 Å². The summed E-state index contributed by atoms with van der Waals surface area (Å²) in [5.74, 6) is -0.0758. The Morgan fingerprint density at radius 3 is 1.26 bits per heavy atom. The van der Waals surface area contributed by atoms with Gasteiger partial charge in [0.15, 0.2) is 0 Å². The SMILES string of the molecule is CCCCCCCC/C=C\CCCCCCCCCCCCCC(=O)NC(CO)C(O)/C=C/CC/C=C\CCCCCCCCC. The number of hydrogen-bond donors (Lipinski definition) is 3. The Bertz CT molecular complexity index is 701. The molecule has 0 aromatic heterocycles. The molecule has 0 rings (SSSR count). The third kappa shape index (κ3) is 34.0.